The van der Waals surface area contributed by atoms with Gasteiger partial charge in [-0.05, 0) is 33.4 Å². The van der Waals surface area contributed by atoms with E-state index in [4.69, 9.17) is 0 Å². The first-order valence-electron chi connectivity index (χ1n) is 16.9. The molecule has 0 bridgehead atoms. The molecule has 4 heteroatoms. The largest absolute Gasteiger partial charge is 0.303 e. The van der Waals surface area contributed by atoms with Crippen LogP contribution in [0.1, 0.15) is 11.1 Å². The third-order valence-corrected chi connectivity index (χ3v) is 9.27. The number of rotatable bonds is 8. The van der Waals surface area contributed by atoms with E-state index in [1.165, 1.54) is 0 Å². The zero-order valence-electron chi connectivity index (χ0n) is 27.4. The lowest BCUT2D eigenvalue weighted by Gasteiger charge is -2.25. The molecule has 0 aliphatic rings. The summed E-state index contributed by atoms with van der Waals surface area (Å²) in [4.78, 5) is 31.0. The van der Waals surface area contributed by atoms with Crippen molar-refractivity contribution in [1.82, 2.24) is 9.13 Å². The highest BCUT2D eigenvalue weighted by atomic mass is 16.1. The van der Waals surface area contributed by atoms with Gasteiger partial charge in [-0.15, -0.1) is 0 Å². The molecule has 0 amide bonds. The molecule has 240 valence electrons. The van der Waals surface area contributed by atoms with Gasteiger partial charge in [0, 0.05) is 11.1 Å². The van der Waals surface area contributed by atoms with Crippen molar-refractivity contribution in [3.8, 4) is 44.8 Å². The molecule has 4 nitrogen and oxygen atoms in total. The summed E-state index contributed by atoms with van der Waals surface area (Å²) in [6.07, 6.45) is 0. The maximum atomic E-state index is 15.5. The molecule has 0 spiro atoms. The SMILES string of the molecule is O=c1c2c(-c3ccccc3)c(-c3ccccc3)n(Cc3ccccc3)c(=O)c2c(-c2ccccc2)c(-c2ccccc2)n1Cc1ccccc1. The maximum Gasteiger partial charge on any atom is 0.260 e. The van der Waals surface area contributed by atoms with Gasteiger partial charge in [0.25, 0.3) is 11.1 Å². The van der Waals surface area contributed by atoms with Crippen LogP contribution in [0, 0.1) is 0 Å². The molecular formula is C46H34N2O2. The minimum Gasteiger partial charge on any atom is -0.303 e. The van der Waals surface area contributed by atoms with Gasteiger partial charge in [0.2, 0.25) is 0 Å². The van der Waals surface area contributed by atoms with Crippen LogP contribution in [0.15, 0.2) is 192 Å². The molecule has 0 saturated carbocycles. The minimum absolute atomic E-state index is 0.206. The Hall–Kier alpha value is -6.52. The van der Waals surface area contributed by atoms with E-state index < -0.39 is 0 Å². The van der Waals surface area contributed by atoms with Crippen molar-refractivity contribution >= 4 is 10.8 Å². The Kier molecular flexibility index (Phi) is 8.34. The van der Waals surface area contributed by atoms with E-state index in [2.05, 4.69) is 0 Å². The average molecular weight is 647 g/mol. The third-order valence-electron chi connectivity index (χ3n) is 9.27. The summed E-state index contributed by atoms with van der Waals surface area (Å²) in [7, 11) is 0. The second-order valence-electron chi connectivity index (χ2n) is 12.4. The standard InChI is InChI=1S/C46H34N2O2/c49-45-41-40(36-25-13-4-14-26-36)44(38-29-17-6-18-30-38)48(32-34-21-9-2-10-22-34)46(50)42(41)39(35-23-11-3-12-24-35)43(37-27-15-5-16-28-37)47(45)31-33-19-7-1-8-20-33/h1-30H,31-32H2. The van der Waals surface area contributed by atoms with E-state index in [9.17, 15) is 0 Å². The van der Waals surface area contributed by atoms with Gasteiger partial charge < -0.3 is 9.13 Å². The van der Waals surface area contributed by atoms with Crippen LogP contribution in [0.2, 0.25) is 0 Å². The van der Waals surface area contributed by atoms with Crippen LogP contribution in [0.25, 0.3) is 55.5 Å². The lowest BCUT2D eigenvalue weighted by Crippen LogP contribution is -2.31. The summed E-state index contributed by atoms with van der Waals surface area (Å²) >= 11 is 0. The Labute approximate surface area is 290 Å². The topological polar surface area (TPSA) is 44.0 Å². The predicted octanol–water partition coefficient (Wildman–Crippen LogP) is 9.93. The minimum atomic E-state index is -0.206. The zero-order valence-corrected chi connectivity index (χ0v) is 27.4. The summed E-state index contributed by atoms with van der Waals surface area (Å²) in [6, 6.07) is 60.1. The molecule has 0 aliphatic heterocycles. The first-order valence-corrected chi connectivity index (χ1v) is 16.9. The summed E-state index contributed by atoms with van der Waals surface area (Å²) in [5.74, 6) is 0. The molecule has 8 rings (SSSR count). The Balaban J connectivity index is 1.65. The fourth-order valence-corrected chi connectivity index (χ4v) is 7.06. The molecule has 0 radical (unpaired) electrons. The van der Waals surface area contributed by atoms with Crippen molar-refractivity contribution < 1.29 is 0 Å². The molecule has 0 fully saturated rings. The molecule has 2 aromatic heterocycles. The Bertz CT molecular complexity index is 2350. The van der Waals surface area contributed by atoms with E-state index in [1.54, 1.807) is 0 Å². The molecule has 2 heterocycles. The molecule has 0 atom stereocenters. The molecular weight excluding hydrogens is 613 g/mol. The summed E-state index contributed by atoms with van der Waals surface area (Å²) < 4.78 is 3.75. The van der Waals surface area contributed by atoms with E-state index in [0.717, 1.165) is 44.5 Å². The molecule has 6 aromatic carbocycles. The fraction of sp³-hybridized carbons (Fsp3) is 0.0435. The Morgan fingerprint density at radius 3 is 0.880 bits per heavy atom. The molecule has 0 saturated heterocycles. The van der Waals surface area contributed by atoms with Crippen LogP contribution < -0.4 is 11.1 Å². The second kappa shape index (κ2) is 13.5. The number of fused-ring (bicyclic) bond motifs is 1. The molecule has 0 unspecified atom stereocenters. The van der Waals surface area contributed by atoms with Gasteiger partial charge in [0.1, 0.15) is 0 Å². The summed E-state index contributed by atoms with van der Waals surface area (Å²) in [6.45, 7) is 0.670. The van der Waals surface area contributed by atoms with E-state index in [0.29, 0.717) is 35.2 Å². The number of hydrogen-bond acceptors (Lipinski definition) is 2. The lowest BCUT2D eigenvalue weighted by atomic mass is 9.88. The highest BCUT2D eigenvalue weighted by molar-refractivity contribution is 6.10. The van der Waals surface area contributed by atoms with Crippen molar-refractivity contribution in [2.24, 2.45) is 0 Å². The molecule has 0 aliphatic carbocycles. The number of aromatic nitrogens is 2. The first kappa shape index (κ1) is 30.8. The monoisotopic (exact) mass is 646 g/mol. The van der Waals surface area contributed by atoms with Gasteiger partial charge >= 0.3 is 0 Å². The van der Waals surface area contributed by atoms with Crippen LogP contribution in [-0.2, 0) is 13.1 Å². The highest BCUT2D eigenvalue weighted by Crippen LogP contribution is 2.42. The zero-order chi connectivity index (χ0) is 33.9. The van der Waals surface area contributed by atoms with Gasteiger partial charge in [-0.1, -0.05) is 182 Å². The van der Waals surface area contributed by atoms with Crippen LogP contribution in [0.4, 0.5) is 0 Å². The van der Waals surface area contributed by atoms with Crippen LogP contribution >= 0.6 is 0 Å². The Morgan fingerprint density at radius 1 is 0.320 bits per heavy atom. The molecule has 0 N–H and O–H groups in total. The van der Waals surface area contributed by atoms with Crippen molar-refractivity contribution in [3.05, 3.63) is 214 Å². The number of hydrogen-bond donors (Lipinski definition) is 0. The maximum absolute atomic E-state index is 15.5. The molecule has 50 heavy (non-hydrogen) atoms. The fourth-order valence-electron chi connectivity index (χ4n) is 7.06. The second-order valence-corrected chi connectivity index (χ2v) is 12.4. The van der Waals surface area contributed by atoms with Gasteiger partial charge in [0.15, 0.2) is 0 Å². The number of benzene rings is 6. The van der Waals surface area contributed by atoms with E-state index in [-0.39, 0.29) is 11.1 Å². The normalized spacial score (nSPS) is 11.1. The smallest absolute Gasteiger partial charge is 0.260 e. The van der Waals surface area contributed by atoms with Crippen molar-refractivity contribution in [3.63, 3.8) is 0 Å². The van der Waals surface area contributed by atoms with Gasteiger partial charge in [-0.2, -0.15) is 0 Å². The van der Waals surface area contributed by atoms with Gasteiger partial charge in [-0.25, -0.2) is 0 Å². The first-order chi connectivity index (χ1) is 24.7. The highest BCUT2D eigenvalue weighted by Gasteiger charge is 2.29. The van der Waals surface area contributed by atoms with Gasteiger partial charge in [-0.3, -0.25) is 9.59 Å². The number of pyridine rings is 2. The van der Waals surface area contributed by atoms with Crippen LogP contribution in [-0.4, -0.2) is 9.13 Å². The van der Waals surface area contributed by atoms with Crippen molar-refractivity contribution in [2.45, 2.75) is 13.1 Å². The van der Waals surface area contributed by atoms with E-state index in [1.807, 2.05) is 191 Å². The quantitative estimate of drug-likeness (QED) is 0.165. The lowest BCUT2D eigenvalue weighted by molar-refractivity contribution is 0.766. The van der Waals surface area contributed by atoms with E-state index >= 15 is 9.59 Å². The van der Waals surface area contributed by atoms with Gasteiger partial charge in [0.05, 0.1) is 35.2 Å². The Morgan fingerprint density at radius 2 is 0.580 bits per heavy atom. The van der Waals surface area contributed by atoms with Crippen LogP contribution in [0.5, 0.6) is 0 Å². The van der Waals surface area contributed by atoms with Crippen molar-refractivity contribution in [1.29, 1.82) is 0 Å². The average Bonchev–Trinajstić information content (AvgIpc) is 3.18. The van der Waals surface area contributed by atoms with Crippen LogP contribution in [0.3, 0.4) is 0 Å². The predicted molar refractivity (Wildman–Crippen MR) is 205 cm³/mol. The molecule has 8 aromatic rings. The summed E-state index contributed by atoms with van der Waals surface area (Å²) in [5, 5.41) is 0.831. The third kappa shape index (κ3) is 5.67. The van der Waals surface area contributed by atoms with Crippen molar-refractivity contribution in [2.75, 3.05) is 0 Å². The number of nitrogens with zero attached hydrogens (tertiary/aromatic N) is 2. The summed E-state index contributed by atoms with van der Waals surface area (Å²) in [5.41, 5.74) is 7.95.